The smallest absolute Gasteiger partial charge is 0.242 e. The summed E-state index contributed by atoms with van der Waals surface area (Å²) in [6.07, 6.45) is 1.44. The van der Waals surface area contributed by atoms with Crippen LogP contribution in [-0.2, 0) is 9.59 Å². The molecule has 3 rings (SSSR count). The molecule has 1 aliphatic rings. The van der Waals surface area contributed by atoms with Gasteiger partial charge in [0, 0.05) is 44.7 Å². The molecule has 1 atom stereocenters. The molecule has 9 heteroatoms. The van der Waals surface area contributed by atoms with Crippen LogP contribution >= 0.6 is 0 Å². The fourth-order valence-electron chi connectivity index (χ4n) is 4.33. The van der Waals surface area contributed by atoms with Crippen LogP contribution in [0.1, 0.15) is 40.5 Å². The van der Waals surface area contributed by atoms with E-state index in [0.29, 0.717) is 56.6 Å². The molecule has 202 valence electrons. The molecule has 0 spiro atoms. The highest BCUT2D eigenvalue weighted by molar-refractivity contribution is 5.85. The number of carbonyl (C=O) groups excluding carboxylic acids is 2. The first kappa shape index (κ1) is 28.2. The molecular weight excluding hydrogens is 470 g/mol. The summed E-state index contributed by atoms with van der Waals surface area (Å²) in [4.78, 5) is 31.6. The van der Waals surface area contributed by atoms with Gasteiger partial charge in [0.2, 0.25) is 11.8 Å². The normalized spacial score (nSPS) is 14.5. The van der Waals surface area contributed by atoms with E-state index in [1.165, 1.54) is 0 Å². The quantitative estimate of drug-likeness (QED) is 0.454. The zero-order valence-electron chi connectivity index (χ0n) is 23.1. The van der Waals surface area contributed by atoms with E-state index in [-0.39, 0.29) is 24.3 Å². The topological polar surface area (TPSA) is 88.1 Å². The number of amides is 2. The average Bonchev–Trinajstić information content (AvgIpc) is 2.91. The lowest BCUT2D eigenvalue weighted by Crippen LogP contribution is -2.52. The highest BCUT2D eigenvalue weighted by Crippen LogP contribution is 2.31. The van der Waals surface area contributed by atoms with Crippen molar-refractivity contribution in [3.8, 4) is 22.8 Å². The van der Waals surface area contributed by atoms with E-state index < -0.39 is 0 Å². The van der Waals surface area contributed by atoms with Gasteiger partial charge in [0.1, 0.15) is 0 Å². The van der Waals surface area contributed by atoms with Crippen molar-refractivity contribution in [3.63, 3.8) is 0 Å². The summed E-state index contributed by atoms with van der Waals surface area (Å²) in [6, 6.07) is 9.54. The number of methoxy groups -OCH3 is 2. The lowest BCUT2D eigenvalue weighted by atomic mass is 10.1. The lowest BCUT2D eigenvalue weighted by Gasteiger charge is -2.36. The number of nitrogens with zero attached hydrogens (tertiary/aromatic N) is 5. The second kappa shape index (κ2) is 13.3. The van der Waals surface area contributed by atoms with Crippen LogP contribution in [0.2, 0.25) is 0 Å². The van der Waals surface area contributed by atoms with Gasteiger partial charge in [0.25, 0.3) is 0 Å². The molecule has 1 aliphatic heterocycles. The average molecular weight is 512 g/mol. The third-order valence-electron chi connectivity index (χ3n) is 6.78. The number of anilines is 1. The Morgan fingerprint density at radius 1 is 0.973 bits per heavy atom. The van der Waals surface area contributed by atoms with E-state index in [1.54, 1.807) is 19.1 Å². The monoisotopic (exact) mass is 511 g/mol. The minimum Gasteiger partial charge on any atom is -0.493 e. The third kappa shape index (κ3) is 7.57. The van der Waals surface area contributed by atoms with Gasteiger partial charge in [-0.3, -0.25) is 9.59 Å². The van der Waals surface area contributed by atoms with E-state index in [1.807, 2.05) is 49.1 Å². The predicted molar refractivity (Wildman–Crippen MR) is 145 cm³/mol. The summed E-state index contributed by atoms with van der Waals surface area (Å²) in [5.74, 6) is 2.78. The van der Waals surface area contributed by atoms with Crippen molar-refractivity contribution in [1.29, 1.82) is 0 Å². The van der Waals surface area contributed by atoms with Crippen LogP contribution in [0.25, 0.3) is 11.3 Å². The Bertz CT molecular complexity index is 1040. The minimum absolute atomic E-state index is 0.00921. The number of piperazine rings is 1. The van der Waals surface area contributed by atoms with E-state index in [9.17, 15) is 9.59 Å². The van der Waals surface area contributed by atoms with Gasteiger partial charge in [0.05, 0.1) is 26.5 Å². The lowest BCUT2D eigenvalue weighted by molar-refractivity contribution is -0.141. The predicted octanol–water partition coefficient (Wildman–Crippen LogP) is 3.73. The van der Waals surface area contributed by atoms with E-state index in [4.69, 9.17) is 9.47 Å². The van der Waals surface area contributed by atoms with Crippen molar-refractivity contribution in [2.24, 2.45) is 11.8 Å². The van der Waals surface area contributed by atoms with Gasteiger partial charge in [-0.05, 0) is 42.2 Å². The van der Waals surface area contributed by atoms with Gasteiger partial charge in [-0.1, -0.05) is 34.1 Å². The molecule has 37 heavy (non-hydrogen) atoms. The van der Waals surface area contributed by atoms with E-state index >= 15 is 0 Å². The Hall–Kier alpha value is -3.36. The van der Waals surface area contributed by atoms with Crippen LogP contribution in [0, 0.1) is 11.8 Å². The molecule has 0 radical (unpaired) electrons. The molecule has 0 N–H and O–H groups in total. The molecule has 1 saturated heterocycles. The Morgan fingerprint density at radius 3 is 2.24 bits per heavy atom. The molecule has 0 bridgehead atoms. The number of hydrogen-bond acceptors (Lipinski definition) is 7. The highest BCUT2D eigenvalue weighted by Gasteiger charge is 2.26. The van der Waals surface area contributed by atoms with Crippen molar-refractivity contribution >= 4 is 17.6 Å². The van der Waals surface area contributed by atoms with Gasteiger partial charge >= 0.3 is 0 Å². The maximum Gasteiger partial charge on any atom is 0.242 e. The first-order valence-corrected chi connectivity index (χ1v) is 13.1. The second-order valence-corrected chi connectivity index (χ2v) is 10.1. The summed E-state index contributed by atoms with van der Waals surface area (Å²) >= 11 is 0. The Kier molecular flexibility index (Phi) is 10.1. The third-order valence-corrected chi connectivity index (χ3v) is 6.78. The number of aromatic nitrogens is 2. The van der Waals surface area contributed by atoms with Crippen LogP contribution in [-0.4, -0.2) is 85.3 Å². The number of ether oxygens (including phenoxy) is 2. The summed E-state index contributed by atoms with van der Waals surface area (Å²) in [6.45, 7) is 11.6. The Labute approximate surface area is 220 Å². The molecule has 1 fully saturated rings. The number of benzene rings is 1. The van der Waals surface area contributed by atoms with Gasteiger partial charge in [0.15, 0.2) is 17.3 Å². The van der Waals surface area contributed by atoms with Crippen LogP contribution in [0.4, 0.5) is 5.82 Å². The molecule has 2 amide bonds. The molecule has 2 aromatic rings. The van der Waals surface area contributed by atoms with Crippen molar-refractivity contribution in [2.75, 3.05) is 58.4 Å². The van der Waals surface area contributed by atoms with Gasteiger partial charge in [-0.15, -0.1) is 10.2 Å². The van der Waals surface area contributed by atoms with Gasteiger partial charge in [-0.25, -0.2) is 0 Å². The van der Waals surface area contributed by atoms with Crippen LogP contribution in [0.3, 0.4) is 0 Å². The zero-order valence-corrected chi connectivity index (χ0v) is 23.1. The summed E-state index contributed by atoms with van der Waals surface area (Å²) in [5.41, 5.74) is 1.63. The first-order chi connectivity index (χ1) is 17.7. The molecule has 1 aromatic heterocycles. The SMILES string of the molecule is CCC(C)CN(CC(=O)N1CCN(c2ccc(-c3ccc(OC)c(OC)c3)nn2)CC1)C(=O)CC(C)C. The standard InChI is InChI=1S/C28H41N5O4/c1-7-21(4)18-33(27(34)16-20(2)3)19-28(35)32-14-12-31(13-15-32)26-11-9-23(29-30-26)22-8-10-24(36-5)25(17-22)37-6/h8-11,17,20-21H,7,12-16,18-19H2,1-6H3. The van der Waals surface area contributed by atoms with Crippen molar-refractivity contribution in [3.05, 3.63) is 30.3 Å². The van der Waals surface area contributed by atoms with Gasteiger partial charge < -0.3 is 24.2 Å². The summed E-state index contributed by atoms with van der Waals surface area (Å²) in [7, 11) is 3.21. The zero-order chi connectivity index (χ0) is 26.9. The largest absolute Gasteiger partial charge is 0.493 e. The highest BCUT2D eigenvalue weighted by atomic mass is 16.5. The first-order valence-electron chi connectivity index (χ1n) is 13.1. The Balaban J connectivity index is 1.58. The number of carbonyl (C=O) groups is 2. The van der Waals surface area contributed by atoms with Gasteiger partial charge in [-0.2, -0.15) is 0 Å². The summed E-state index contributed by atoms with van der Waals surface area (Å²) < 4.78 is 10.7. The van der Waals surface area contributed by atoms with E-state index in [0.717, 1.165) is 23.5 Å². The fraction of sp³-hybridized carbons (Fsp3) is 0.571. The fourth-order valence-corrected chi connectivity index (χ4v) is 4.33. The number of rotatable bonds is 11. The molecule has 0 saturated carbocycles. The summed E-state index contributed by atoms with van der Waals surface area (Å²) in [5, 5.41) is 8.85. The second-order valence-electron chi connectivity index (χ2n) is 10.1. The van der Waals surface area contributed by atoms with E-state index in [2.05, 4.69) is 28.9 Å². The van der Waals surface area contributed by atoms with Crippen molar-refractivity contribution in [2.45, 2.75) is 40.5 Å². The maximum absolute atomic E-state index is 13.1. The van der Waals surface area contributed by atoms with Crippen molar-refractivity contribution < 1.29 is 19.1 Å². The maximum atomic E-state index is 13.1. The molecule has 9 nitrogen and oxygen atoms in total. The van der Waals surface area contributed by atoms with Crippen LogP contribution < -0.4 is 14.4 Å². The molecule has 1 aromatic carbocycles. The molecule has 0 aliphatic carbocycles. The number of hydrogen-bond donors (Lipinski definition) is 0. The van der Waals surface area contributed by atoms with Crippen LogP contribution in [0.5, 0.6) is 11.5 Å². The molecule has 2 heterocycles. The van der Waals surface area contributed by atoms with Crippen molar-refractivity contribution in [1.82, 2.24) is 20.0 Å². The Morgan fingerprint density at radius 2 is 1.68 bits per heavy atom. The molecule has 1 unspecified atom stereocenters. The molecular formula is C28H41N5O4. The minimum atomic E-state index is 0.00921. The van der Waals surface area contributed by atoms with Crippen LogP contribution in [0.15, 0.2) is 30.3 Å².